The van der Waals surface area contributed by atoms with Crippen LogP contribution in [0.5, 0.6) is 5.75 Å². The molecule has 2 heterocycles. The van der Waals surface area contributed by atoms with Crippen LogP contribution in [0, 0.1) is 0 Å². The summed E-state index contributed by atoms with van der Waals surface area (Å²) in [6.45, 7) is 3.09. The minimum absolute atomic E-state index is 0.512. The van der Waals surface area contributed by atoms with Crippen molar-refractivity contribution in [1.29, 1.82) is 0 Å². The summed E-state index contributed by atoms with van der Waals surface area (Å²) in [5.74, 6) is 1.90. The predicted molar refractivity (Wildman–Crippen MR) is 72.2 cm³/mol. The van der Waals surface area contributed by atoms with E-state index in [9.17, 15) is 0 Å². The van der Waals surface area contributed by atoms with Crippen LogP contribution in [0.4, 0.5) is 0 Å². The number of nitrogens with zero attached hydrogens (tertiary/aromatic N) is 4. The van der Waals surface area contributed by atoms with Gasteiger partial charge in [-0.1, -0.05) is 17.3 Å². The van der Waals surface area contributed by atoms with Crippen LogP contribution in [0.25, 0.3) is 11.4 Å². The number of rotatable bonds is 5. The molecular formula is C14H14N4O2. The number of benzene rings is 1. The van der Waals surface area contributed by atoms with Gasteiger partial charge in [-0.3, -0.25) is 0 Å². The fourth-order valence-corrected chi connectivity index (χ4v) is 1.86. The third kappa shape index (κ3) is 2.69. The smallest absolute Gasteiger partial charge is 0.246 e. The number of ether oxygens (including phenoxy) is 1. The van der Waals surface area contributed by atoms with E-state index < -0.39 is 0 Å². The average molecular weight is 270 g/mol. The van der Waals surface area contributed by atoms with Gasteiger partial charge in [0.05, 0.1) is 12.9 Å². The lowest BCUT2D eigenvalue weighted by molar-refractivity contribution is 0.340. The van der Waals surface area contributed by atoms with E-state index in [0.717, 1.165) is 11.3 Å². The molecule has 0 fully saturated rings. The van der Waals surface area contributed by atoms with Crippen LogP contribution >= 0.6 is 0 Å². The Hall–Kier alpha value is -2.63. The van der Waals surface area contributed by atoms with Crippen LogP contribution in [0.3, 0.4) is 0 Å². The second-order valence-electron chi connectivity index (χ2n) is 4.21. The van der Waals surface area contributed by atoms with Gasteiger partial charge in [0.1, 0.15) is 12.3 Å². The molecule has 20 heavy (non-hydrogen) atoms. The zero-order valence-corrected chi connectivity index (χ0v) is 11.1. The largest absolute Gasteiger partial charge is 0.494 e. The van der Waals surface area contributed by atoms with Crippen molar-refractivity contribution in [1.82, 2.24) is 19.7 Å². The van der Waals surface area contributed by atoms with E-state index in [2.05, 4.69) is 15.1 Å². The van der Waals surface area contributed by atoms with Crippen molar-refractivity contribution in [2.45, 2.75) is 13.5 Å². The van der Waals surface area contributed by atoms with Gasteiger partial charge in [0.15, 0.2) is 0 Å². The van der Waals surface area contributed by atoms with Crippen LogP contribution in [0.2, 0.25) is 0 Å². The molecule has 6 nitrogen and oxygen atoms in total. The number of imidazole rings is 1. The lowest BCUT2D eigenvalue weighted by atomic mass is 10.2. The van der Waals surface area contributed by atoms with Gasteiger partial charge in [0.25, 0.3) is 0 Å². The van der Waals surface area contributed by atoms with Gasteiger partial charge in [0, 0.05) is 18.0 Å². The van der Waals surface area contributed by atoms with E-state index in [1.54, 1.807) is 12.5 Å². The van der Waals surface area contributed by atoms with Crippen molar-refractivity contribution < 1.29 is 9.26 Å². The monoisotopic (exact) mass is 270 g/mol. The summed E-state index contributed by atoms with van der Waals surface area (Å²) in [5.41, 5.74) is 0.872. The molecule has 2 aromatic heterocycles. The quantitative estimate of drug-likeness (QED) is 0.712. The highest BCUT2D eigenvalue weighted by molar-refractivity contribution is 5.56. The summed E-state index contributed by atoms with van der Waals surface area (Å²) in [4.78, 5) is 8.35. The van der Waals surface area contributed by atoms with Crippen LogP contribution in [0.15, 0.2) is 47.5 Å². The molecule has 6 heteroatoms. The Kier molecular flexibility index (Phi) is 3.45. The van der Waals surface area contributed by atoms with Crippen LogP contribution in [0.1, 0.15) is 12.8 Å². The fraction of sp³-hybridized carbons (Fsp3) is 0.214. The summed E-state index contributed by atoms with van der Waals surface area (Å²) in [6.07, 6.45) is 5.27. The molecule has 0 unspecified atom stereocenters. The van der Waals surface area contributed by atoms with Gasteiger partial charge < -0.3 is 13.8 Å². The SMILES string of the molecule is CCOc1cccc(-c2noc(Cn3ccnc3)n2)c1. The summed E-state index contributed by atoms with van der Waals surface area (Å²) >= 11 is 0. The lowest BCUT2D eigenvalue weighted by Crippen LogP contribution is -1.96. The van der Waals surface area contributed by atoms with E-state index in [-0.39, 0.29) is 0 Å². The standard InChI is InChI=1S/C14H14N4O2/c1-2-19-12-5-3-4-11(8-12)14-16-13(20-17-14)9-18-7-6-15-10-18/h3-8,10H,2,9H2,1H3. The van der Waals surface area contributed by atoms with Gasteiger partial charge in [-0.05, 0) is 19.1 Å². The minimum Gasteiger partial charge on any atom is -0.494 e. The van der Waals surface area contributed by atoms with E-state index >= 15 is 0 Å². The van der Waals surface area contributed by atoms with Crippen LogP contribution in [-0.2, 0) is 6.54 Å². The molecule has 0 saturated carbocycles. The van der Waals surface area contributed by atoms with Crippen molar-refractivity contribution in [3.8, 4) is 17.1 Å². The average Bonchev–Trinajstić information content (AvgIpc) is 3.12. The summed E-state index contributed by atoms with van der Waals surface area (Å²) in [7, 11) is 0. The molecule has 0 aliphatic heterocycles. The molecule has 0 radical (unpaired) electrons. The molecule has 0 spiro atoms. The van der Waals surface area contributed by atoms with E-state index in [1.165, 1.54) is 0 Å². The molecule has 1 aromatic carbocycles. The van der Waals surface area contributed by atoms with Crippen molar-refractivity contribution in [2.24, 2.45) is 0 Å². The van der Waals surface area contributed by atoms with Crippen LogP contribution in [-0.4, -0.2) is 26.3 Å². The summed E-state index contributed by atoms with van der Waals surface area (Å²) in [6, 6.07) is 7.63. The zero-order chi connectivity index (χ0) is 13.8. The first-order chi connectivity index (χ1) is 9.85. The predicted octanol–water partition coefficient (Wildman–Crippen LogP) is 2.38. The first kappa shape index (κ1) is 12.4. The van der Waals surface area contributed by atoms with Crippen molar-refractivity contribution in [2.75, 3.05) is 6.61 Å². The highest BCUT2D eigenvalue weighted by Gasteiger charge is 2.09. The molecule has 0 bridgehead atoms. The molecule has 3 rings (SSSR count). The molecule has 102 valence electrons. The Labute approximate surface area is 116 Å². The fourth-order valence-electron chi connectivity index (χ4n) is 1.86. The maximum absolute atomic E-state index is 5.46. The van der Waals surface area contributed by atoms with E-state index in [0.29, 0.717) is 24.9 Å². The normalized spacial score (nSPS) is 10.7. The first-order valence-corrected chi connectivity index (χ1v) is 6.36. The zero-order valence-electron chi connectivity index (χ0n) is 11.1. The maximum Gasteiger partial charge on any atom is 0.246 e. The molecule has 0 saturated heterocycles. The van der Waals surface area contributed by atoms with Gasteiger partial charge in [-0.2, -0.15) is 4.98 Å². The van der Waals surface area contributed by atoms with Gasteiger partial charge in [-0.15, -0.1) is 0 Å². The highest BCUT2D eigenvalue weighted by Crippen LogP contribution is 2.21. The summed E-state index contributed by atoms with van der Waals surface area (Å²) < 4.78 is 12.6. The van der Waals surface area contributed by atoms with Crippen molar-refractivity contribution in [3.05, 3.63) is 48.9 Å². The third-order valence-corrected chi connectivity index (χ3v) is 2.75. The molecule has 0 N–H and O–H groups in total. The number of hydrogen-bond acceptors (Lipinski definition) is 5. The van der Waals surface area contributed by atoms with E-state index in [1.807, 2.05) is 42.0 Å². The molecule has 0 amide bonds. The molecule has 0 aliphatic carbocycles. The maximum atomic E-state index is 5.46. The Morgan fingerprint density at radius 3 is 3.10 bits per heavy atom. The Balaban J connectivity index is 1.80. The van der Waals surface area contributed by atoms with Crippen molar-refractivity contribution >= 4 is 0 Å². The molecule has 0 aliphatic rings. The lowest BCUT2D eigenvalue weighted by Gasteiger charge is -2.02. The van der Waals surface area contributed by atoms with Crippen molar-refractivity contribution in [3.63, 3.8) is 0 Å². The van der Waals surface area contributed by atoms with E-state index in [4.69, 9.17) is 9.26 Å². The Morgan fingerprint density at radius 1 is 1.35 bits per heavy atom. The highest BCUT2D eigenvalue weighted by atomic mass is 16.5. The van der Waals surface area contributed by atoms with Gasteiger partial charge in [-0.25, -0.2) is 4.98 Å². The second-order valence-corrected chi connectivity index (χ2v) is 4.21. The molecular weight excluding hydrogens is 256 g/mol. The summed E-state index contributed by atoms with van der Waals surface area (Å²) in [5, 5.41) is 3.99. The minimum atomic E-state index is 0.512. The first-order valence-electron chi connectivity index (χ1n) is 6.36. The number of hydrogen-bond donors (Lipinski definition) is 0. The van der Waals surface area contributed by atoms with Gasteiger partial charge >= 0.3 is 0 Å². The second kappa shape index (κ2) is 5.56. The Bertz CT molecular complexity index is 676. The third-order valence-electron chi connectivity index (χ3n) is 2.75. The van der Waals surface area contributed by atoms with Gasteiger partial charge in [0.2, 0.25) is 11.7 Å². The topological polar surface area (TPSA) is 66.0 Å². The van der Waals surface area contributed by atoms with Crippen LogP contribution < -0.4 is 4.74 Å². The Morgan fingerprint density at radius 2 is 2.30 bits per heavy atom. The molecule has 3 aromatic rings. The number of aromatic nitrogens is 4. The molecule has 0 atom stereocenters.